The van der Waals surface area contributed by atoms with Gasteiger partial charge in [-0.25, -0.2) is 4.39 Å². The topological polar surface area (TPSA) is 15.7 Å². The first-order valence-corrected chi connectivity index (χ1v) is 10.7. The van der Waals surface area contributed by atoms with Crippen molar-refractivity contribution in [1.82, 2.24) is 9.80 Å². The van der Waals surface area contributed by atoms with E-state index in [0.717, 1.165) is 45.6 Å². The maximum atomic E-state index is 13.1. The van der Waals surface area contributed by atoms with E-state index in [1.807, 2.05) is 6.08 Å². The van der Waals surface area contributed by atoms with Crippen LogP contribution in [-0.4, -0.2) is 48.6 Å². The molecular formula is C24H35FN2O. The molecule has 1 aromatic carbocycles. The second kappa shape index (κ2) is 9.71. The van der Waals surface area contributed by atoms with E-state index in [2.05, 4.69) is 54.8 Å². The first-order chi connectivity index (χ1) is 13.4. The van der Waals surface area contributed by atoms with E-state index >= 15 is 0 Å². The highest BCUT2D eigenvalue weighted by atomic mass is 19.1. The van der Waals surface area contributed by atoms with Gasteiger partial charge in [-0.2, -0.15) is 0 Å². The van der Waals surface area contributed by atoms with Gasteiger partial charge in [0.05, 0.1) is 18.0 Å². The molecule has 0 bridgehead atoms. The maximum Gasteiger partial charge on any atom is 0.0969 e. The normalized spacial score (nSPS) is 24.6. The van der Waals surface area contributed by atoms with Gasteiger partial charge >= 0.3 is 0 Å². The van der Waals surface area contributed by atoms with E-state index in [0.29, 0.717) is 12.0 Å². The Morgan fingerprint density at radius 1 is 1.18 bits per heavy atom. The van der Waals surface area contributed by atoms with Crippen LogP contribution >= 0.6 is 0 Å². The lowest BCUT2D eigenvalue weighted by atomic mass is 9.93. The summed E-state index contributed by atoms with van der Waals surface area (Å²) in [7, 11) is 0. The minimum absolute atomic E-state index is 0.140. The van der Waals surface area contributed by atoms with E-state index in [-0.39, 0.29) is 11.9 Å². The minimum Gasteiger partial charge on any atom is -0.372 e. The van der Waals surface area contributed by atoms with Crippen LogP contribution in [0.1, 0.15) is 51.3 Å². The number of halogens is 1. The molecule has 2 heterocycles. The lowest BCUT2D eigenvalue weighted by Crippen LogP contribution is -2.47. The summed E-state index contributed by atoms with van der Waals surface area (Å²) in [6.45, 7) is 13.2. The van der Waals surface area contributed by atoms with Crippen LogP contribution in [-0.2, 0) is 11.2 Å². The van der Waals surface area contributed by atoms with E-state index in [4.69, 9.17) is 4.74 Å². The Bertz CT molecular complexity index is 700. The van der Waals surface area contributed by atoms with E-state index < -0.39 is 0 Å². The molecule has 2 aliphatic rings. The van der Waals surface area contributed by atoms with Gasteiger partial charge in [0.15, 0.2) is 0 Å². The lowest BCUT2D eigenvalue weighted by molar-refractivity contribution is -0.0256. The zero-order valence-electron chi connectivity index (χ0n) is 17.8. The molecule has 0 aliphatic carbocycles. The first-order valence-electron chi connectivity index (χ1n) is 10.7. The van der Waals surface area contributed by atoms with Crippen LogP contribution in [0.25, 0.3) is 0 Å². The molecule has 0 aromatic heterocycles. The van der Waals surface area contributed by atoms with Crippen molar-refractivity contribution in [1.29, 1.82) is 0 Å². The third-order valence-electron chi connectivity index (χ3n) is 5.83. The molecule has 0 radical (unpaired) electrons. The molecule has 1 saturated heterocycles. The second-order valence-corrected chi connectivity index (χ2v) is 8.46. The van der Waals surface area contributed by atoms with Crippen molar-refractivity contribution >= 4 is 0 Å². The summed E-state index contributed by atoms with van der Waals surface area (Å²) in [5.41, 5.74) is 4.05. The molecule has 1 aromatic rings. The number of piperazine rings is 1. The Morgan fingerprint density at radius 2 is 1.89 bits per heavy atom. The molecule has 154 valence electrons. The lowest BCUT2D eigenvalue weighted by Gasteiger charge is -2.39. The van der Waals surface area contributed by atoms with E-state index in [9.17, 15) is 4.39 Å². The molecule has 4 heteroatoms. The standard InChI is InChI=1S/C24H35FN2O/c1-18(2)23(10-9-19(3)25)27-15-13-26(14-16-27)12-11-24-22-8-6-5-7-21(22)17-20(4)28-24/h5-10,18,20,24H,11-17H2,1-4H3/b19-9+,23-10+. The fourth-order valence-electron chi connectivity index (χ4n) is 4.36. The van der Waals surface area contributed by atoms with Crippen molar-refractivity contribution in [2.75, 3.05) is 32.7 Å². The molecule has 3 nitrogen and oxygen atoms in total. The summed E-state index contributed by atoms with van der Waals surface area (Å²) in [4.78, 5) is 4.95. The monoisotopic (exact) mass is 386 g/mol. The summed E-state index contributed by atoms with van der Waals surface area (Å²) in [6, 6.07) is 8.72. The number of fused-ring (bicyclic) bond motifs is 1. The Hall–Kier alpha value is -1.65. The highest BCUT2D eigenvalue weighted by Crippen LogP contribution is 2.32. The molecule has 28 heavy (non-hydrogen) atoms. The van der Waals surface area contributed by atoms with E-state index in [1.54, 1.807) is 6.08 Å². The smallest absolute Gasteiger partial charge is 0.0969 e. The average molecular weight is 387 g/mol. The van der Waals surface area contributed by atoms with Crippen LogP contribution in [0.5, 0.6) is 0 Å². The molecule has 2 aliphatic heterocycles. The predicted molar refractivity (Wildman–Crippen MR) is 114 cm³/mol. The van der Waals surface area contributed by atoms with Crippen molar-refractivity contribution in [3.8, 4) is 0 Å². The fourth-order valence-corrected chi connectivity index (χ4v) is 4.36. The Kier molecular flexibility index (Phi) is 7.30. The summed E-state index contributed by atoms with van der Waals surface area (Å²) >= 11 is 0. The Balaban J connectivity index is 1.54. The molecular weight excluding hydrogens is 351 g/mol. The number of allylic oxidation sites excluding steroid dienone is 4. The van der Waals surface area contributed by atoms with Crippen LogP contribution in [0.15, 0.2) is 47.9 Å². The maximum absolute atomic E-state index is 13.1. The quantitative estimate of drug-likeness (QED) is 0.632. The van der Waals surface area contributed by atoms with Gasteiger partial charge in [-0.05, 0) is 55.9 Å². The Labute approximate surface area is 169 Å². The van der Waals surface area contributed by atoms with Gasteiger partial charge < -0.3 is 9.64 Å². The van der Waals surface area contributed by atoms with E-state index in [1.165, 1.54) is 23.7 Å². The van der Waals surface area contributed by atoms with Crippen molar-refractivity contribution in [2.45, 2.75) is 52.7 Å². The number of hydrogen-bond donors (Lipinski definition) is 0. The predicted octanol–water partition coefficient (Wildman–Crippen LogP) is 5.11. The van der Waals surface area contributed by atoms with Crippen molar-refractivity contribution in [2.24, 2.45) is 5.92 Å². The highest BCUT2D eigenvalue weighted by Gasteiger charge is 2.26. The fraction of sp³-hybridized carbons (Fsp3) is 0.583. The number of hydrogen-bond acceptors (Lipinski definition) is 3. The number of rotatable bonds is 6. The van der Waals surface area contributed by atoms with Gasteiger partial charge in [0.2, 0.25) is 0 Å². The minimum atomic E-state index is -0.140. The highest BCUT2D eigenvalue weighted by molar-refractivity contribution is 5.31. The second-order valence-electron chi connectivity index (χ2n) is 8.46. The van der Waals surface area contributed by atoms with Crippen molar-refractivity contribution in [3.63, 3.8) is 0 Å². The summed E-state index contributed by atoms with van der Waals surface area (Å²) < 4.78 is 19.4. The van der Waals surface area contributed by atoms with Gasteiger partial charge in [0, 0.05) is 38.4 Å². The average Bonchev–Trinajstić information content (AvgIpc) is 2.66. The van der Waals surface area contributed by atoms with Gasteiger partial charge in [-0.3, -0.25) is 4.90 Å². The van der Waals surface area contributed by atoms with Gasteiger partial charge in [-0.15, -0.1) is 0 Å². The third-order valence-corrected chi connectivity index (χ3v) is 5.83. The SMILES string of the molecule is C/C(F)=C\C=C(/C(C)C)N1CCN(CCC2OC(C)Cc3ccccc32)CC1. The molecule has 2 unspecified atom stereocenters. The molecule has 1 fully saturated rings. The van der Waals surface area contributed by atoms with Gasteiger partial charge in [0.1, 0.15) is 0 Å². The Morgan fingerprint density at radius 3 is 2.57 bits per heavy atom. The molecule has 0 N–H and O–H groups in total. The van der Waals surface area contributed by atoms with Crippen LogP contribution in [0.3, 0.4) is 0 Å². The zero-order chi connectivity index (χ0) is 20.1. The number of benzene rings is 1. The largest absolute Gasteiger partial charge is 0.372 e. The molecule has 0 spiro atoms. The number of ether oxygens (including phenoxy) is 1. The summed E-state index contributed by atoms with van der Waals surface area (Å²) in [5, 5.41) is 0. The van der Waals surface area contributed by atoms with Gasteiger partial charge in [-0.1, -0.05) is 38.1 Å². The van der Waals surface area contributed by atoms with Gasteiger partial charge in [0.25, 0.3) is 0 Å². The summed E-state index contributed by atoms with van der Waals surface area (Å²) in [5.74, 6) is 0.259. The first kappa shape index (κ1) is 21.1. The molecule has 2 atom stereocenters. The molecule has 0 saturated carbocycles. The third kappa shape index (κ3) is 5.45. The summed E-state index contributed by atoms with van der Waals surface area (Å²) in [6.07, 6.45) is 6.09. The van der Waals surface area contributed by atoms with Crippen LogP contribution < -0.4 is 0 Å². The van der Waals surface area contributed by atoms with Crippen molar-refractivity contribution < 1.29 is 9.13 Å². The van der Waals surface area contributed by atoms with Crippen molar-refractivity contribution in [3.05, 3.63) is 59.1 Å². The van der Waals surface area contributed by atoms with Crippen LogP contribution in [0.2, 0.25) is 0 Å². The van der Waals surface area contributed by atoms with Crippen LogP contribution in [0.4, 0.5) is 4.39 Å². The molecule has 0 amide bonds. The zero-order valence-corrected chi connectivity index (χ0v) is 17.8. The van der Waals surface area contributed by atoms with Crippen LogP contribution in [0, 0.1) is 5.92 Å². The molecule has 3 rings (SSSR count). The number of nitrogens with zero attached hydrogens (tertiary/aromatic N) is 2.